The van der Waals surface area contributed by atoms with E-state index in [-0.39, 0.29) is 12.6 Å². The molecule has 0 radical (unpaired) electrons. The second-order valence-electron chi connectivity index (χ2n) is 6.02. The molecule has 5 nitrogen and oxygen atoms in total. The van der Waals surface area contributed by atoms with Crippen LogP contribution in [-0.4, -0.2) is 28.9 Å². The van der Waals surface area contributed by atoms with E-state index in [1.54, 1.807) is 13.0 Å². The lowest BCUT2D eigenvalue weighted by Gasteiger charge is -2.08. The standard InChI is InChI=1S/C22H23NO4/c1-2-26-22(25)11-8-19-14-18-15-20(9-10-21(18)23(19)12-13-24)27-16-17-6-4-3-5-7-17/h3-11,14-15,24H,2,12-13,16H2,1H3/b11-8+. The third kappa shape index (κ3) is 4.77. The van der Waals surface area contributed by atoms with Gasteiger partial charge in [0.05, 0.1) is 13.2 Å². The number of hydrogen-bond donors (Lipinski definition) is 1. The lowest BCUT2D eigenvalue weighted by molar-refractivity contribution is -0.137. The fraction of sp³-hybridized carbons (Fsp3) is 0.227. The third-order valence-corrected chi connectivity index (χ3v) is 4.15. The SMILES string of the molecule is CCOC(=O)/C=C/c1cc2cc(OCc3ccccc3)ccc2n1CCO. The Morgan fingerprint density at radius 2 is 1.96 bits per heavy atom. The molecule has 0 aliphatic rings. The number of rotatable bonds is 8. The van der Waals surface area contributed by atoms with Crippen molar-refractivity contribution in [1.82, 2.24) is 4.57 Å². The molecule has 5 heteroatoms. The zero-order valence-electron chi connectivity index (χ0n) is 15.3. The number of hydrogen-bond acceptors (Lipinski definition) is 4. The number of ether oxygens (including phenoxy) is 2. The molecule has 2 aromatic carbocycles. The number of benzene rings is 2. The predicted molar refractivity (Wildman–Crippen MR) is 105 cm³/mol. The van der Waals surface area contributed by atoms with Crippen LogP contribution in [0, 0.1) is 0 Å². The van der Waals surface area contributed by atoms with Gasteiger partial charge in [-0.05, 0) is 42.8 Å². The van der Waals surface area contributed by atoms with Gasteiger partial charge < -0.3 is 19.1 Å². The summed E-state index contributed by atoms with van der Waals surface area (Å²) in [5.74, 6) is 0.388. The minimum atomic E-state index is -0.384. The summed E-state index contributed by atoms with van der Waals surface area (Å²) >= 11 is 0. The molecule has 0 unspecified atom stereocenters. The van der Waals surface area contributed by atoms with Crippen molar-refractivity contribution < 1.29 is 19.4 Å². The van der Waals surface area contributed by atoms with Crippen molar-refractivity contribution in [2.75, 3.05) is 13.2 Å². The third-order valence-electron chi connectivity index (χ3n) is 4.15. The Kier molecular flexibility index (Phi) is 6.28. The quantitative estimate of drug-likeness (QED) is 0.487. The number of fused-ring (bicyclic) bond motifs is 1. The van der Waals surface area contributed by atoms with Gasteiger partial charge >= 0.3 is 5.97 Å². The maximum atomic E-state index is 11.6. The van der Waals surface area contributed by atoms with Gasteiger partial charge in [0.1, 0.15) is 12.4 Å². The molecule has 0 saturated carbocycles. The normalized spacial score (nSPS) is 11.2. The summed E-state index contributed by atoms with van der Waals surface area (Å²) in [5.41, 5.74) is 2.90. The predicted octanol–water partition coefficient (Wildman–Crippen LogP) is 3.79. The first kappa shape index (κ1) is 18.7. The lowest BCUT2D eigenvalue weighted by atomic mass is 10.2. The van der Waals surface area contributed by atoms with Gasteiger partial charge in [0.15, 0.2) is 0 Å². The molecule has 1 N–H and O–H groups in total. The second-order valence-corrected chi connectivity index (χ2v) is 6.02. The van der Waals surface area contributed by atoms with E-state index in [4.69, 9.17) is 9.47 Å². The van der Waals surface area contributed by atoms with Gasteiger partial charge in [0.2, 0.25) is 0 Å². The maximum absolute atomic E-state index is 11.6. The number of aromatic nitrogens is 1. The van der Waals surface area contributed by atoms with Crippen molar-refractivity contribution in [1.29, 1.82) is 0 Å². The molecule has 0 aliphatic heterocycles. The summed E-state index contributed by atoms with van der Waals surface area (Å²) in [4.78, 5) is 11.6. The molecular formula is C22H23NO4. The summed E-state index contributed by atoms with van der Waals surface area (Å²) < 4.78 is 12.8. The Morgan fingerprint density at radius 1 is 1.15 bits per heavy atom. The lowest BCUT2D eigenvalue weighted by Crippen LogP contribution is -2.04. The first-order chi connectivity index (χ1) is 13.2. The number of nitrogens with zero attached hydrogens (tertiary/aromatic N) is 1. The van der Waals surface area contributed by atoms with Crippen LogP contribution in [0.3, 0.4) is 0 Å². The van der Waals surface area contributed by atoms with Crippen LogP contribution in [0.25, 0.3) is 17.0 Å². The highest BCUT2D eigenvalue weighted by atomic mass is 16.5. The minimum absolute atomic E-state index is 0.0102. The zero-order chi connectivity index (χ0) is 19.1. The summed E-state index contributed by atoms with van der Waals surface area (Å²) in [6.07, 6.45) is 3.11. The number of esters is 1. The molecule has 0 bridgehead atoms. The summed E-state index contributed by atoms with van der Waals surface area (Å²) in [6.45, 7) is 3.06. The molecule has 0 aliphatic carbocycles. The molecule has 3 rings (SSSR count). The van der Waals surface area contributed by atoms with Crippen LogP contribution < -0.4 is 4.74 Å². The average Bonchev–Trinajstić information content (AvgIpc) is 3.03. The van der Waals surface area contributed by atoms with Crippen LogP contribution in [0.5, 0.6) is 5.75 Å². The van der Waals surface area contributed by atoms with Crippen molar-refractivity contribution in [3.8, 4) is 5.75 Å². The molecule has 0 spiro atoms. The van der Waals surface area contributed by atoms with Crippen LogP contribution in [0.2, 0.25) is 0 Å². The van der Waals surface area contributed by atoms with Crippen LogP contribution in [-0.2, 0) is 22.7 Å². The molecule has 0 atom stereocenters. The Labute approximate surface area is 158 Å². The van der Waals surface area contributed by atoms with Gasteiger partial charge in [-0.3, -0.25) is 0 Å². The van der Waals surface area contributed by atoms with E-state index >= 15 is 0 Å². The van der Waals surface area contributed by atoms with Gasteiger partial charge in [-0.25, -0.2) is 4.79 Å². The average molecular weight is 365 g/mol. The molecule has 1 heterocycles. The monoisotopic (exact) mass is 365 g/mol. The Balaban J connectivity index is 1.84. The van der Waals surface area contributed by atoms with Crippen molar-refractivity contribution in [2.45, 2.75) is 20.1 Å². The molecule has 0 amide bonds. The highest BCUT2D eigenvalue weighted by molar-refractivity contribution is 5.90. The molecule has 27 heavy (non-hydrogen) atoms. The Morgan fingerprint density at radius 3 is 2.70 bits per heavy atom. The number of aliphatic hydroxyl groups excluding tert-OH is 1. The smallest absolute Gasteiger partial charge is 0.330 e. The van der Waals surface area contributed by atoms with E-state index in [9.17, 15) is 9.90 Å². The highest BCUT2D eigenvalue weighted by Gasteiger charge is 2.09. The highest BCUT2D eigenvalue weighted by Crippen LogP contribution is 2.26. The molecule has 1 aromatic heterocycles. The summed E-state index contributed by atoms with van der Waals surface area (Å²) in [7, 11) is 0. The fourth-order valence-electron chi connectivity index (χ4n) is 2.93. The Hall–Kier alpha value is -3.05. The molecular weight excluding hydrogens is 342 g/mol. The maximum Gasteiger partial charge on any atom is 0.330 e. The first-order valence-corrected chi connectivity index (χ1v) is 8.97. The van der Waals surface area contributed by atoms with Crippen LogP contribution in [0.15, 0.2) is 60.7 Å². The number of carbonyl (C=O) groups is 1. The van der Waals surface area contributed by atoms with E-state index in [1.807, 2.05) is 59.2 Å². The fourth-order valence-corrected chi connectivity index (χ4v) is 2.93. The minimum Gasteiger partial charge on any atom is -0.489 e. The van der Waals surface area contributed by atoms with Gasteiger partial charge in [0.25, 0.3) is 0 Å². The topological polar surface area (TPSA) is 60.7 Å². The number of aliphatic hydroxyl groups is 1. The summed E-state index contributed by atoms with van der Waals surface area (Å²) in [5, 5.41) is 10.4. The zero-order valence-corrected chi connectivity index (χ0v) is 15.3. The second kappa shape index (κ2) is 9.05. The van der Waals surface area contributed by atoms with Crippen molar-refractivity contribution in [3.05, 3.63) is 71.9 Å². The van der Waals surface area contributed by atoms with Crippen molar-refractivity contribution >= 4 is 22.9 Å². The van der Waals surface area contributed by atoms with Gasteiger partial charge in [-0.15, -0.1) is 0 Å². The van der Waals surface area contributed by atoms with Crippen molar-refractivity contribution in [2.24, 2.45) is 0 Å². The van der Waals surface area contributed by atoms with Gasteiger partial charge in [-0.2, -0.15) is 0 Å². The van der Waals surface area contributed by atoms with Crippen LogP contribution in [0.1, 0.15) is 18.2 Å². The molecule has 3 aromatic rings. The van der Waals surface area contributed by atoms with Crippen molar-refractivity contribution in [3.63, 3.8) is 0 Å². The van der Waals surface area contributed by atoms with Gasteiger partial charge in [0, 0.05) is 29.2 Å². The van der Waals surface area contributed by atoms with Crippen LogP contribution >= 0.6 is 0 Å². The largest absolute Gasteiger partial charge is 0.489 e. The summed E-state index contributed by atoms with van der Waals surface area (Å²) in [6, 6.07) is 17.8. The van der Waals surface area contributed by atoms with E-state index in [0.717, 1.165) is 27.9 Å². The van der Waals surface area contributed by atoms with Crippen LogP contribution in [0.4, 0.5) is 0 Å². The Bertz CT molecular complexity index is 928. The molecule has 0 fully saturated rings. The number of carbonyl (C=O) groups excluding carboxylic acids is 1. The van der Waals surface area contributed by atoms with Gasteiger partial charge in [-0.1, -0.05) is 30.3 Å². The van der Waals surface area contributed by atoms with E-state index in [0.29, 0.717) is 19.8 Å². The molecule has 0 saturated heterocycles. The molecule has 140 valence electrons. The first-order valence-electron chi connectivity index (χ1n) is 8.97. The van der Waals surface area contributed by atoms with E-state index in [1.165, 1.54) is 6.08 Å². The van der Waals surface area contributed by atoms with E-state index < -0.39 is 0 Å². The van der Waals surface area contributed by atoms with E-state index in [2.05, 4.69) is 0 Å².